The topological polar surface area (TPSA) is 93.1 Å². The Labute approximate surface area is 192 Å². The molecule has 0 unspecified atom stereocenters. The summed E-state index contributed by atoms with van der Waals surface area (Å²) in [6.45, 7) is 1.78. The third-order valence-corrected chi connectivity index (χ3v) is 8.18. The van der Waals surface area contributed by atoms with Crippen LogP contribution in [0, 0.1) is 0 Å². The zero-order chi connectivity index (χ0) is 22.7. The minimum atomic E-state index is -3.06. The predicted octanol–water partition coefficient (Wildman–Crippen LogP) is 3.33. The molecule has 0 N–H and O–H groups in total. The Morgan fingerprint density at radius 1 is 1.00 bits per heavy atom. The number of benzene rings is 2. The van der Waals surface area contributed by atoms with Crippen molar-refractivity contribution in [2.45, 2.75) is 29.8 Å². The smallest absolute Gasteiger partial charge is 0.235 e. The maximum absolute atomic E-state index is 12.9. The minimum Gasteiger partial charge on any atom is -0.341 e. The third kappa shape index (κ3) is 4.99. The Balaban J connectivity index is 1.58. The van der Waals surface area contributed by atoms with Crippen molar-refractivity contribution in [1.82, 2.24) is 20.1 Å². The summed E-state index contributed by atoms with van der Waals surface area (Å²) in [6, 6.07) is 19.2. The van der Waals surface area contributed by atoms with E-state index >= 15 is 0 Å². The van der Waals surface area contributed by atoms with Gasteiger partial charge in [-0.15, -0.1) is 10.2 Å². The Hall–Kier alpha value is -2.78. The van der Waals surface area contributed by atoms with Gasteiger partial charge in [-0.25, -0.2) is 13.4 Å². The van der Waals surface area contributed by atoms with Gasteiger partial charge in [-0.3, -0.25) is 4.79 Å². The highest BCUT2D eigenvalue weighted by Gasteiger charge is 2.34. The Morgan fingerprint density at radius 3 is 2.16 bits per heavy atom. The number of hydrogen-bond acceptors (Lipinski definition) is 7. The van der Waals surface area contributed by atoms with Crippen molar-refractivity contribution >= 4 is 27.5 Å². The van der Waals surface area contributed by atoms with Gasteiger partial charge in [-0.2, -0.15) is 0 Å². The fourth-order valence-electron chi connectivity index (χ4n) is 3.70. The average molecular weight is 469 g/mol. The summed E-state index contributed by atoms with van der Waals surface area (Å²) < 4.78 is 23.6. The predicted molar refractivity (Wildman–Crippen MR) is 126 cm³/mol. The van der Waals surface area contributed by atoms with Crippen molar-refractivity contribution in [2.24, 2.45) is 0 Å². The molecule has 0 spiro atoms. The number of amides is 1. The molecular weight excluding hydrogens is 444 g/mol. The molecule has 32 heavy (non-hydrogen) atoms. The number of nitrogens with zero attached hydrogens (tertiary/aromatic N) is 4. The maximum atomic E-state index is 12.9. The SMILES string of the molecule is C[C@H](Sc1nnc(-c2ccccc2)c(-c2ccccc2)n1)C(=O)N(C)[C@@H]1CCS(=O)(=O)C1. The maximum Gasteiger partial charge on any atom is 0.235 e. The van der Waals surface area contributed by atoms with Gasteiger partial charge in [0, 0.05) is 24.2 Å². The molecule has 0 bridgehead atoms. The Morgan fingerprint density at radius 2 is 1.59 bits per heavy atom. The number of thioether (sulfide) groups is 1. The van der Waals surface area contributed by atoms with Crippen LogP contribution in [0.15, 0.2) is 65.8 Å². The molecule has 2 atom stereocenters. The molecule has 2 heterocycles. The van der Waals surface area contributed by atoms with Gasteiger partial charge in [0.2, 0.25) is 11.1 Å². The summed E-state index contributed by atoms with van der Waals surface area (Å²) in [5.41, 5.74) is 3.20. The summed E-state index contributed by atoms with van der Waals surface area (Å²) >= 11 is 1.23. The van der Waals surface area contributed by atoms with Crippen LogP contribution in [0.2, 0.25) is 0 Å². The first-order chi connectivity index (χ1) is 15.3. The molecule has 7 nitrogen and oxygen atoms in total. The molecule has 1 amide bonds. The number of aromatic nitrogens is 3. The van der Waals surface area contributed by atoms with E-state index in [0.717, 1.165) is 11.1 Å². The number of carbonyl (C=O) groups excluding carboxylic acids is 1. The molecule has 0 saturated carbocycles. The van der Waals surface area contributed by atoms with Crippen LogP contribution in [-0.2, 0) is 14.6 Å². The summed E-state index contributed by atoms with van der Waals surface area (Å²) in [6.07, 6.45) is 0.476. The molecule has 2 aromatic carbocycles. The highest BCUT2D eigenvalue weighted by atomic mass is 32.2. The Kier molecular flexibility index (Phi) is 6.57. The van der Waals surface area contributed by atoms with Crippen molar-refractivity contribution < 1.29 is 13.2 Å². The number of carbonyl (C=O) groups is 1. The van der Waals surface area contributed by atoms with E-state index in [1.165, 1.54) is 11.8 Å². The van der Waals surface area contributed by atoms with E-state index in [2.05, 4.69) is 10.2 Å². The molecule has 1 saturated heterocycles. The van der Waals surface area contributed by atoms with Gasteiger partial charge in [0.05, 0.1) is 16.8 Å². The van der Waals surface area contributed by atoms with Crippen LogP contribution in [0.3, 0.4) is 0 Å². The summed E-state index contributed by atoms with van der Waals surface area (Å²) in [5.74, 6) is 0.00826. The number of sulfone groups is 1. The van der Waals surface area contributed by atoms with Crippen molar-refractivity contribution in [3.63, 3.8) is 0 Å². The molecule has 1 aliphatic heterocycles. The van der Waals surface area contributed by atoms with Crippen LogP contribution in [-0.4, -0.2) is 64.3 Å². The lowest BCUT2D eigenvalue weighted by Gasteiger charge is -2.26. The first kappa shape index (κ1) is 22.4. The van der Waals surface area contributed by atoms with Crippen LogP contribution in [0.5, 0.6) is 0 Å². The van der Waals surface area contributed by atoms with Gasteiger partial charge >= 0.3 is 0 Å². The largest absolute Gasteiger partial charge is 0.341 e. The molecule has 1 fully saturated rings. The van der Waals surface area contributed by atoms with Crippen LogP contribution in [0.25, 0.3) is 22.5 Å². The molecule has 9 heteroatoms. The molecule has 166 valence electrons. The van der Waals surface area contributed by atoms with E-state index in [1.807, 2.05) is 60.7 Å². The first-order valence-corrected chi connectivity index (χ1v) is 13.0. The second kappa shape index (κ2) is 9.38. The second-order valence-electron chi connectivity index (χ2n) is 7.79. The van der Waals surface area contributed by atoms with E-state index in [9.17, 15) is 13.2 Å². The van der Waals surface area contributed by atoms with Crippen LogP contribution in [0.4, 0.5) is 0 Å². The molecule has 3 aromatic rings. The van der Waals surface area contributed by atoms with Crippen molar-refractivity contribution in [1.29, 1.82) is 0 Å². The first-order valence-electron chi connectivity index (χ1n) is 10.3. The van der Waals surface area contributed by atoms with Crippen LogP contribution < -0.4 is 0 Å². The normalized spacial score (nSPS) is 18.2. The molecule has 0 aliphatic carbocycles. The standard InChI is InChI=1S/C23H24N4O3S2/c1-16(22(28)27(2)19-13-14-32(29,30)15-19)31-23-24-20(17-9-5-3-6-10-17)21(25-26-23)18-11-7-4-8-12-18/h3-12,16,19H,13-15H2,1-2H3/t16-,19+/m0/s1. The van der Waals surface area contributed by atoms with Gasteiger partial charge in [0.25, 0.3) is 0 Å². The minimum absolute atomic E-state index is 0.0224. The van der Waals surface area contributed by atoms with Gasteiger partial charge in [-0.1, -0.05) is 72.4 Å². The molecule has 1 aliphatic rings. The van der Waals surface area contributed by atoms with E-state index < -0.39 is 15.1 Å². The summed E-state index contributed by atoms with van der Waals surface area (Å²) in [5, 5.41) is 8.64. The monoisotopic (exact) mass is 468 g/mol. The van der Waals surface area contributed by atoms with Crippen molar-refractivity contribution in [3.05, 3.63) is 60.7 Å². The fourth-order valence-corrected chi connectivity index (χ4v) is 6.29. The zero-order valence-electron chi connectivity index (χ0n) is 17.9. The van der Waals surface area contributed by atoms with E-state index in [1.54, 1.807) is 18.9 Å². The van der Waals surface area contributed by atoms with E-state index in [-0.39, 0.29) is 23.5 Å². The van der Waals surface area contributed by atoms with Crippen molar-refractivity contribution in [2.75, 3.05) is 18.6 Å². The molecule has 4 rings (SSSR count). The number of rotatable bonds is 6. The average Bonchev–Trinajstić information content (AvgIpc) is 3.18. The van der Waals surface area contributed by atoms with E-state index in [0.29, 0.717) is 23.0 Å². The summed E-state index contributed by atoms with van der Waals surface area (Å²) in [7, 11) is -1.40. The summed E-state index contributed by atoms with van der Waals surface area (Å²) in [4.78, 5) is 19.2. The molecule has 0 radical (unpaired) electrons. The van der Waals surface area contributed by atoms with Gasteiger partial charge in [0.1, 0.15) is 11.4 Å². The molecular formula is C23H24N4O3S2. The van der Waals surface area contributed by atoms with E-state index in [4.69, 9.17) is 4.98 Å². The van der Waals surface area contributed by atoms with Gasteiger partial charge in [-0.05, 0) is 13.3 Å². The van der Waals surface area contributed by atoms with Gasteiger partial charge < -0.3 is 4.90 Å². The highest BCUT2D eigenvalue weighted by Crippen LogP contribution is 2.31. The lowest BCUT2D eigenvalue weighted by Crippen LogP contribution is -2.41. The van der Waals surface area contributed by atoms with Crippen LogP contribution in [0.1, 0.15) is 13.3 Å². The lowest BCUT2D eigenvalue weighted by molar-refractivity contribution is -0.130. The fraction of sp³-hybridized carbons (Fsp3) is 0.304. The highest BCUT2D eigenvalue weighted by molar-refractivity contribution is 8.00. The van der Waals surface area contributed by atoms with Crippen LogP contribution >= 0.6 is 11.8 Å². The Bertz CT molecular complexity index is 1200. The third-order valence-electron chi connectivity index (χ3n) is 5.50. The van der Waals surface area contributed by atoms with Crippen molar-refractivity contribution in [3.8, 4) is 22.5 Å². The molecule has 1 aromatic heterocycles. The number of hydrogen-bond donors (Lipinski definition) is 0. The second-order valence-corrected chi connectivity index (χ2v) is 11.3. The zero-order valence-corrected chi connectivity index (χ0v) is 19.5. The lowest BCUT2D eigenvalue weighted by atomic mass is 10.0. The van der Waals surface area contributed by atoms with Gasteiger partial charge in [0.15, 0.2) is 9.84 Å². The quantitative estimate of drug-likeness (QED) is 0.512.